The zero-order valence-electron chi connectivity index (χ0n) is 14.7. The zero-order chi connectivity index (χ0) is 17.9. The van der Waals surface area contributed by atoms with Crippen molar-refractivity contribution in [1.29, 1.82) is 0 Å². The zero-order valence-corrected chi connectivity index (χ0v) is 14.7. The van der Waals surface area contributed by atoms with Crippen LogP contribution in [0.1, 0.15) is 16.7 Å². The van der Waals surface area contributed by atoms with Crippen molar-refractivity contribution in [3.8, 4) is 11.3 Å². The molecule has 0 aliphatic carbocycles. The molecule has 0 unspecified atom stereocenters. The van der Waals surface area contributed by atoms with Gasteiger partial charge in [0.2, 0.25) is 0 Å². The van der Waals surface area contributed by atoms with Gasteiger partial charge in [0.1, 0.15) is 11.4 Å². The average molecular weight is 340 g/mol. The first-order valence-corrected chi connectivity index (χ1v) is 8.78. The Balaban J connectivity index is 1.56. The third kappa shape index (κ3) is 3.42. The van der Waals surface area contributed by atoms with E-state index in [4.69, 9.17) is 4.98 Å². The Kier molecular flexibility index (Phi) is 4.36. The number of hydrogen-bond donors (Lipinski definition) is 0. The number of benzene rings is 2. The summed E-state index contributed by atoms with van der Waals surface area (Å²) in [6.45, 7) is 2.06. The fourth-order valence-corrected chi connectivity index (χ4v) is 3.25. The van der Waals surface area contributed by atoms with Gasteiger partial charge in [-0.15, -0.1) is 0 Å². The molecule has 4 rings (SSSR count). The van der Waals surface area contributed by atoms with E-state index in [2.05, 4.69) is 19.1 Å². The summed E-state index contributed by atoms with van der Waals surface area (Å²) in [5.41, 5.74) is 6.16. The normalized spacial score (nSPS) is 11.0. The number of imidazole rings is 1. The topological polar surface area (TPSA) is 34.4 Å². The van der Waals surface area contributed by atoms with Gasteiger partial charge in [-0.25, -0.2) is 4.98 Å². The second kappa shape index (κ2) is 6.96. The lowest BCUT2D eigenvalue weighted by atomic mass is 10.0. The molecule has 0 saturated heterocycles. The Bertz CT molecular complexity index is 1060. The molecule has 2 aromatic heterocycles. The third-order valence-electron chi connectivity index (χ3n) is 4.55. The maximum atomic E-state index is 12.4. The molecule has 0 spiro atoms. The molecule has 0 fully saturated rings. The van der Waals surface area contributed by atoms with E-state index in [-0.39, 0.29) is 5.78 Å². The molecule has 0 saturated carbocycles. The van der Waals surface area contributed by atoms with E-state index in [1.54, 1.807) is 0 Å². The maximum absolute atomic E-state index is 12.4. The summed E-state index contributed by atoms with van der Waals surface area (Å²) in [5.74, 6) is 0.221. The SMILES string of the molecule is Cc1cccn2cc(-c3cccc(CC(=O)Cc4ccccc4)c3)nc12. The molecular weight excluding hydrogens is 320 g/mol. The Labute approximate surface area is 153 Å². The predicted molar refractivity (Wildman–Crippen MR) is 104 cm³/mol. The van der Waals surface area contributed by atoms with Gasteiger partial charge in [0.15, 0.2) is 0 Å². The molecule has 26 heavy (non-hydrogen) atoms. The molecular formula is C23H20N2O. The minimum Gasteiger partial charge on any atom is -0.306 e. The number of rotatable bonds is 5. The molecule has 2 heterocycles. The Morgan fingerprint density at radius 2 is 1.69 bits per heavy atom. The van der Waals surface area contributed by atoms with E-state index in [0.717, 1.165) is 33.6 Å². The predicted octanol–water partition coefficient (Wildman–Crippen LogP) is 4.66. The Morgan fingerprint density at radius 3 is 2.50 bits per heavy atom. The van der Waals surface area contributed by atoms with E-state index in [0.29, 0.717) is 12.8 Å². The van der Waals surface area contributed by atoms with Crippen molar-refractivity contribution in [3.63, 3.8) is 0 Å². The lowest BCUT2D eigenvalue weighted by molar-refractivity contribution is -0.117. The van der Waals surface area contributed by atoms with Crippen LogP contribution >= 0.6 is 0 Å². The molecule has 128 valence electrons. The first-order chi connectivity index (χ1) is 12.7. The van der Waals surface area contributed by atoms with Crippen LogP contribution in [0.15, 0.2) is 79.1 Å². The summed E-state index contributed by atoms with van der Waals surface area (Å²) < 4.78 is 2.04. The van der Waals surface area contributed by atoms with Gasteiger partial charge in [-0.3, -0.25) is 4.79 Å². The minimum atomic E-state index is 0.221. The molecule has 2 aromatic carbocycles. The van der Waals surface area contributed by atoms with Crippen LogP contribution in [0.4, 0.5) is 0 Å². The van der Waals surface area contributed by atoms with Crippen LogP contribution in [0.3, 0.4) is 0 Å². The molecule has 0 radical (unpaired) electrons. The summed E-state index contributed by atoms with van der Waals surface area (Å²) in [7, 11) is 0. The van der Waals surface area contributed by atoms with E-state index in [1.807, 2.05) is 71.4 Å². The number of ketones is 1. The van der Waals surface area contributed by atoms with Crippen molar-refractivity contribution in [2.45, 2.75) is 19.8 Å². The lowest BCUT2D eigenvalue weighted by Gasteiger charge is -2.04. The summed E-state index contributed by atoms with van der Waals surface area (Å²) in [6, 6.07) is 22.1. The summed E-state index contributed by atoms with van der Waals surface area (Å²) >= 11 is 0. The van der Waals surface area contributed by atoms with Gasteiger partial charge in [0.25, 0.3) is 0 Å². The van der Waals surface area contributed by atoms with Crippen molar-refractivity contribution in [1.82, 2.24) is 9.38 Å². The van der Waals surface area contributed by atoms with Gasteiger partial charge < -0.3 is 4.40 Å². The molecule has 3 nitrogen and oxygen atoms in total. The third-order valence-corrected chi connectivity index (χ3v) is 4.55. The largest absolute Gasteiger partial charge is 0.306 e. The minimum absolute atomic E-state index is 0.221. The first-order valence-electron chi connectivity index (χ1n) is 8.78. The van der Waals surface area contributed by atoms with Gasteiger partial charge in [-0.2, -0.15) is 0 Å². The van der Waals surface area contributed by atoms with Crippen LogP contribution in [-0.2, 0) is 17.6 Å². The summed E-state index contributed by atoms with van der Waals surface area (Å²) in [4.78, 5) is 17.1. The molecule has 0 atom stereocenters. The molecule has 0 aliphatic rings. The van der Waals surface area contributed by atoms with Crippen LogP contribution in [0.5, 0.6) is 0 Å². The highest BCUT2D eigenvalue weighted by Crippen LogP contribution is 2.22. The van der Waals surface area contributed by atoms with Crippen LogP contribution in [0.2, 0.25) is 0 Å². The fourth-order valence-electron chi connectivity index (χ4n) is 3.25. The first kappa shape index (κ1) is 16.3. The van der Waals surface area contributed by atoms with Gasteiger partial charge in [0, 0.05) is 30.8 Å². The van der Waals surface area contributed by atoms with E-state index >= 15 is 0 Å². The van der Waals surface area contributed by atoms with Gasteiger partial charge in [0.05, 0.1) is 5.69 Å². The van der Waals surface area contributed by atoms with Gasteiger partial charge in [-0.05, 0) is 35.7 Å². The Morgan fingerprint density at radius 1 is 0.923 bits per heavy atom. The number of hydrogen-bond acceptors (Lipinski definition) is 2. The molecule has 0 N–H and O–H groups in total. The van der Waals surface area contributed by atoms with Crippen LogP contribution in [-0.4, -0.2) is 15.2 Å². The van der Waals surface area contributed by atoms with Crippen LogP contribution < -0.4 is 0 Å². The van der Waals surface area contributed by atoms with Gasteiger partial charge >= 0.3 is 0 Å². The molecule has 0 amide bonds. The number of fused-ring (bicyclic) bond motifs is 1. The average Bonchev–Trinajstić information content (AvgIpc) is 3.08. The maximum Gasteiger partial charge on any atom is 0.141 e. The van der Waals surface area contributed by atoms with E-state index in [9.17, 15) is 4.79 Å². The summed E-state index contributed by atoms with van der Waals surface area (Å²) in [6.07, 6.45) is 4.95. The van der Waals surface area contributed by atoms with Crippen molar-refractivity contribution in [3.05, 3.63) is 95.8 Å². The highest BCUT2D eigenvalue weighted by Gasteiger charge is 2.09. The quantitative estimate of drug-likeness (QED) is 0.529. The highest BCUT2D eigenvalue weighted by molar-refractivity contribution is 5.83. The molecule has 0 aliphatic heterocycles. The number of carbonyl (C=O) groups excluding carboxylic acids is 1. The van der Waals surface area contributed by atoms with Gasteiger partial charge in [-0.1, -0.05) is 54.6 Å². The second-order valence-electron chi connectivity index (χ2n) is 6.63. The van der Waals surface area contributed by atoms with Crippen LogP contribution in [0, 0.1) is 6.92 Å². The fraction of sp³-hybridized carbons (Fsp3) is 0.130. The number of Topliss-reactive ketones (excluding diaryl/α,β-unsaturated/α-hetero) is 1. The van der Waals surface area contributed by atoms with Crippen molar-refractivity contribution >= 4 is 11.4 Å². The number of nitrogens with zero attached hydrogens (tertiary/aromatic N) is 2. The van der Waals surface area contributed by atoms with E-state index in [1.165, 1.54) is 0 Å². The smallest absolute Gasteiger partial charge is 0.141 e. The van der Waals surface area contributed by atoms with Crippen molar-refractivity contribution in [2.75, 3.05) is 0 Å². The molecule has 3 heteroatoms. The number of aromatic nitrogens is 2. The summed E-state index contributed by atoms with van der Waals surface area (Å²) in [5, 5.41) is 0. The second-order valence-corrected chi connectivity index (χ2v) is 6.63. The number of aryl methyl sites for hydroxylation is 1. The number of carbonyl (C=O) groups is 1. The highest BCUT2D eigenvalue weighted by atomic mass is 16.1. The molecule has 4 aromatic rings. The van der Waals surface area contributed by atoms with Crippen molar-refractivity contribution in [2.24, 2.45) is 0 Å². The Hall–Kier alpha value is -3.20. The van der Waals surface area contributed by atoms with E-state index < -0.39 is 0 Å². The monoisotopic (exact) mass is 340 g/mol. The van der Waals surface area contributed by atoms with Crippen LogP contribution in [0.25, 0.3) is 16.9 Å². The molecule has 0 bridgehead atoms. The lowest BCUT2D eigenvalue weighted by Crippen LogP contribution is -2.06. The standard InChI is InChI=1S/C23H20N2O/c1-17-7-6-12-25-16-22(24-23(17)25)20-11-5-10-19(13-20)15-21(26)14-18-8-3-2-4-9-18/h2-13,16H,14-15H2,1H3. The number of pyridine rings is 1. The van der Waals surface area contributed by atoms with Crippen molar-refractivity contribution < 1.29 is 4.79 Å².